The highest BCUT2D eigenvalue weighted by atomic mass is 32.2. The number of nitrogens with zero attached hydrogens (tertiary/aromatic N) is 1. The van der Waals surface area contributed by atoms with Crippen LogP contribution in [0, 0.1) is 0 Å². The Labute approximate surface area is 66.1 Å². The molecule has 0 bridgehead atoms. The number of hydrogen-bond donors (Lipinski definition) is 0. The van der Waals surface area contributed by atoms with Crippen LogP contribution in [0.15, 0.2) is 17.1 Å². The Kier molecular flexibility index (Phi) is 2.86. The second-order valence-electron chi connectivity index (χ2n) is 1.55. The molecule has 0 saturated carbocycles. The van der Waals surface area contributed by atoms with Gasteiger partial charge in [-0.05, 0) is 0 Å². The number of halogens is 3. The van der Waals surface area contributed by atoms with Gasteiger partial charge in [0.05, 0.1) is 0 Å². The molecule has 0 aromatic carbocycles. The van der Waals surface area contributed by atoms with Crippen LogP contribution >= 0.6 is 0 Å². The molecule has 4 nitrogen and oxygen atoms in total. The number of alkyl halides is 3. The molecule has 0 aliphatic carbocycles. The van der Waals surface area contributed by atoms with Gasteiger partial charge < -0.3 is 5.11 Å². The number of hydrogen-bond acceptors (Lipinski definition) is 3. The minimum Gasteiger partial charge on any atom is -0.858 e. The first-order valence-corrected chi connectivity index (χ1v) is 3.85. The molecule has 0 radical (unpaired) electrons. The Hall–Kier alpha value is -1.05. The van der Waals surface area contributed by atoms with Crippen LogP contribution in [0.2, 0.25) is 0 Å². The summed E-state index contributed by atoms with van der Waals surface area (Å²) >= 11 is 0. The summed E-state index contributed by atoms with van der Waals surface area (Å²) in [4.78, 5) is 0. The van der Waals surface area contributed by atoms with Gasteiger partial charge in [0.15, 0.2) is 0 Å². The first kappa shape index (κ1) is 11.0. The largest absolute Gasteiger partial charge is 0.858 e. The van der Waals surface area contributed by atoms with Crippen molar-refractivity contribution in [3.05, 3.63) is 12.7 Å². The average Bonchev–Trinajstić information content (AvgIpc) is 1.84. The maximum atomic E-state index is 11.5. The zero-order valence-electron chi connectivity index (χ0n) is 5.50. The summed E-state index contributed by atoms with van der Waals surface area (Å²) in [6.45, 7) is 2.75. The lowest BCUT2D eigenvalue weighted by Crippen LogP contribution is -2.25. The van der Waals surface area contributed by atoms with Crippen molar-refractivity contribution in [1.82, 2.24) is 0 Å². The highest BCUT2D eigenvalue weighted by molar-refractivity contribution is 7.91. The molecule has 70 valence electrons. The van der Waals surface area contributed by atoms with E-state index in [2.05, 4.69) is 6.58 Å². The Morgan fingerprint density at radius 3 is 2.17 bits per heavy atom. The third-order valence-corrected chi connectivity index (χ3v) is 1.68. The summed E-state index contributed by atoms with van der Waals surface area (Å²) in [6.07, 6.45) is 0.364. The van der Waals surface area contributed by atoms with E-state index < -0.39 is 21.4 Å². The normalized spacial score (nSPS) is 14.4. The second kappa shape index (κ2) is 3.13. The molecule has 0 aromatic heterocycles. The minimum absolute atomic E-state index is 0.364. The van der Waals surface area contributed by atoms with Crippen molar-refractivity contribution >= 4 is 15.9 Å². The molecule has 0 saturated heterocycles. The average molecular weight is 202 g/mol. The lowest BCUT2D eigenvalue weighted by Gasteiger charge is -2.06. The lowest BCUT2D eigenvalue weighted by atomic mass is 10.7. The van der Waals surface area contributed by atoms with Crippen LogP contribution in [0.4, 0.5) is 13.2 Å². The van der Waals surface area contributed by atoms with Gasteiger partial charge in [-0.25, -0.2) is 0 Å². The zero-order valence-corrected chi connectivity index (χ0v) is 6.32. The molecule has 0 heterocycles. The van der Waals surface area contributed by atoms with Gasteiger partial charge in [0.2, 0.25) is 0 Å². The van der Waals surface area contributed by atoms with Crippen molar-refractivity contribution in [3.8, 4) is 0 Å². The Morgan fingerprint density at radius 2 is 1.92 bits per heavy atom. The quantitative estimate of drug-likeness (QED) is 0.459. The molecular formula is C4H3F3NO3S-. The summed E-state index contributed by atoms with van der Waals surface area (Å²) in [5, 5.41) is 10.1. The van der Waals surface area contributed by atoms with Crippen LogP contribution in [0.5, 0.6) is 0 Å². The molecule has 0 atom stereocenters. The van der Waals surface area contributed by atoms with Gasteiger partial charge in [0.25, 0.3) is 0 Å². The molecule has 0 spiro atoms. The van der Waals surface area contributed by atoms with Gasteiger partial charge in [0.1, 0.15) is 0 Å². The fraction of sp³-hybridized carbons (Fsp3) is 0.250. The third kappa shape index (κ3) is 2.53. The van der Waals surface area contributed by atoms with Crippen LogP contribution in [-0.4, -0.2) is 19.8 Å². The van der Waals surface area contributed by atoms with Crippen LogP contribution in [-0.2, 0) is 10.0 Å². The summed E-state index contributed by atoms with van der Waals surface area (Å²) in [6, 6.07) is 0. The highest BCUT2D eigenvalue weighted by Gasteiger charge is 2.45. The van der Waals surface area contributed by atoms with Crippen LogP contribution in [0.3, 0.4) is 0 Å². The molecule has 8 heteroatoms. The summed E-state index contributed by atoms with van der Waals surface area (Å²) < 4.78 is 56.4. The van der Waals surface area contributed by atoms with E-state index in [0.29, 0.717) is 6.08 Å². The lowest BCUT2D eigenvalue weighted by molar-refractivity contribution is -0.211. The predicted molar refractivity (Wildman–Crippen MR) is 32.6 cm³/mol. The molecule has 0 aliphatic heterocycles. The molecule has 0 aromatic rings. The van der Waals surface area contributed by atoms with E-state index in [-0.39, 0.29) is 0 Å². The SMILES string of the molecule is C=C/C([O-])=N\S(=O)(=O)C(F)(F)F. The van der Waals surface area contributed by atoms with E-state index in [1.54, 1.807) is 0 Å². The molecule has 0 fully saturated rings. The second-order valence-corrected chi connectivity index (χ2v) is 3.15. The summed E-state index contributed by atoms with van der Waals surface area (Å²) in [7, 11) is -5.70. The molecule has 0 unspecified atom stereocenters. The Balaban J connectivity index is 5.05. The molecule has 12 heavy (non-hydrogen) atoms. The van der Waals surface area contributed by atoms with E-state index in [1.807, 2.05) is 4.40 Å². The summed E-state index contributed by atoms with van der Waals surface area (Å²) in [5.41, 5.74) is -5.54. The van der Waals surface area contributed by atoms with Crippen LogP contribution < -0.4 is 5.11 Å². The van der Waals surface area contributed by atoms with Crippen molar-refractivity contribution in [1.29, 1.82) is 0 Å². The molecule has 0 rings (SSSR count). The van der Waals surface area contributed by atoms with E-state index in [1.165, 1.54) is 0 Å². The number of rotatable bonds is 2. The van der Waals surface area contributed by atoms with Crippen molar-refractivity contribution in [2.75, 3.05) is 0 Å². The van der Waals surface area contributed by atoms with Gasteiger partial charge in [0, 0.05) is 5.90 Å². The standard InChI is InChI=1S/C4H4F3NO3S/c1-2-3(9)8-12(10,11)4(5,6)7/h2H,1H2,(H,8,9)/p-1. The predicted octanol–water partition coefficient (Wildman–Crippen LogP) is -0.219. The number of sulfonamides is 1. The van der Waals surface area contributed by atoms with Gasteiger partial charge in [-0.1, -0.05) is 12.7 Å². The van der Waals surface area contributed by atoms with Gasteiger partial charge in [-0.3, -0.25) is 0 Å². The van der Waals surface area contributed by atoms with E-state index in [9.17, 15) is 26.7 Å². The first-order valence-electron chi connectivity index (χ1n) is 2.41. The van der Waals surface area contributed by atoms with Crippen molar-refractivity contribution in [3.63, 3.8) is 0 Å². The maximum absolute atomic E-state index is 11.5. The third-order valence-electron chi connectivity index (χ3n) is 0.677. The van der Waals surface area contributed by atoms with E-state index in [0.717, 1.165) is 0 Å². The van der Waals surface area contributed by atoms with Crippen molar-refractivity contribution in [2.24, 2.45) is 4.40 Å². The fourth-order valence-electron chi connectivity index (χ4n) is 0.207. The molecule has 0 N–H and O–H groups in total. The molecule has 0 aliphatic rings. The monoisotopic (exact) mass is 202 g/mol. The van der Waals surface area contributed by atoms with Crippen molar-refractivity contribution < 1.29 is 26.7 Å². The van der Waals surface area contributed by atoms with Gasteiger partial charge >= 0.3 is 15.5 Å². The van der Waals surface area contributed by atoms with Crippen LogP contribution in [0.1, 0.15) is 0 Å². The minimum atomic E-state index is -5.70. The highest BCUT2D eigenvalue weighted by Crippen LogP contribution is 2.24. The maximum Gasteiger partial charge on any atom is 0.518 e. The topological polar surface area (TPSA) is 69.6 Å². The van der Waals surface area contributed by atoms with E-state index in [4.69, 9.17) is 0 Å². The Bertz CT molecular complexity index is 302. The summed E-state index contributed by atoms with van der Waals surface area (Å²) in [5.74, 6) is -1.55. The van der Waals surface area contributed by atoms with Gasteiger partial charge in [-0.15, -0.1) is 0 Å². The zero-order chi connectivity index (χ0) is 9.99. The van der Waals surface area contributed by atoms with E-state index >= 15 is 0 Å². The Morgan fingerprint density at radius 1 is 1.50 bits per heavy atom. The first-order chi connectivity index (χ1) is 5.20. The molecule has 0 amide bonds. The molecular weight excluding hydrogens is 199 g/mol. The van der Waals surface area contributed by atoms with Crippen LogP contribution in [0.25, 0.3) is 0 Å². The van der Waals surface area contributed by atoms with Gasteiger partial charge in [-0.2, -0.15) is 26.0 Å². The van der Waals surface area contributed by atoms with Crippen molar-refractivity contribution in [2.45, 2.75) is 5.51 Å². The fourth-order valence-corrected chi connectivity index (χ4v) is 0.622. The smallest absolute Gasteiger partial charge is 0.518 e.